The quantitative estimate of drug-likeness (QED) is 0.854. The van der Waals surface area contributed by atoms with Gasteiger partial charge in [-0.15, -0.1) is 0 Å². The van der Waals surface area contributed by atoms with Gasteiger partial charge in [0.15, 0.2) is 9.84 Å². The molecular formula is C11H19NO2S2. The van der Waals surface area contributed by atoms with Crippen LogP contribution in [0.1, 0.15) is 32.4 Å². The third-order valence-corrected chi connectivity index (χ3v) is 5.11. The van der Waals surface area contributed by atoms with Gasteiger partial charge in [0.25, 0.3) is 0 Å². The fraction of sp³-hybridized carbons (Fsp3) is 0.636. The van der Waals surface area contributed by atoms with E-state index in [1.165, 1.54) is 5.56 Å². The fourth-order valence-corrected chi connectivity index (χ4v) is 3.44. The van der Waals surface area contributed by atoms with Crippen LogP contribution in [0.5, 0.6) is 0 Å². The Bertz CT molecular complexity index is 398. The number of sulfone groups is 1. The first kappa shape index (κ1) is 13.7. The van der Waals surface area contributed by atoms with Gasteiger partial charge in [-0.05, 0) is 36.2 Å². The molecular weight excluding hydrogens is 242 g/mol. The molecule has 0 aromatic carbocycles. The first-order valence-corrected chi connectivity index (χ1v) is 8.19. The Morgan fingerprint density at radius 2 is 2.12 bits per heavy atom. The van der Waals surface area contributed by atoms with Crippen molar-refractivity contribution >= 4 is 21.2 Å². The molecule has 0 aliphatic heterocycles. The van der Waals surface area contributed by atoms with Gasteiger partial charge < -0.3 is 5.32 Å². The number of rotatable bonds is 6. The molecule has 0 aliphatic carbocycles. The molecule has 2 atom stereocenters. The maximum atomic E-state index is 11.4. The highest BCUT2D eigenvalue weighted by Crippen LogP contribution is 2.16. The Labute approximate surface area is 102 Å². The maximum absolute atomic E-state index is 11.4. The molecule has 3 nitrogen and oxygen atoms in total. The van der Waals surface area contributed by atoms with E-state index in [1.807, 2.05) is 12.3 Å². The molecule has 0 fully saturated rings. The number of hydrogen-bond donors (Lipinski definition) is 1. The molecule has 1 aromatic heterocycles. The van der Waals surface area contributed by atoms with Gasteiger partial charge in [-0.25, -0.2) is 8.42 Å². The Balaban J connectivity index is 2.49. The molecule has 0 saturated carbocycles. The summed E-state index contributed by atoms with van der Waals surface area (Å²) in [6.45, 7) is 5.65. The largest absolute Gasteiger partial charge is 0.307 e. The minimum atomic E-state index is -2.89. The summed E-state index contributed by atoms with van der Waals surface area (Å²) in [7, 11) is -2.89. The van der Waals surface area contributed by atoms with Crippen molar-refractivity contribution in [3.8, 4) is 0 Å². The second kappa shape index (κ2) is 5.80. The molecule has 16 heavy (non-hydrogen) atoms. The molecule has 0 bridgehead atoms. The second-order valence-corrected chi connectivity index (χ2v) is 7.22. The first-order chi connectivity index (χ1) is 7.44. The minimum absolute atomic E-state index is 0.0140. The van der Waals surface area contributed by atoms with Gasteiger partial charge in [-0.2, -0.15) is 11.3 Å². The van der Waals surface area contributed by atoms with Gasteiger partial charge >= 0.3 is 0 Å². The van der Waals surface area contributed by atoms with E-state index in [9.17, 15) is 8.42 Å². The lowest BCUT2D eigenvalue weighted by molar-refractivity contribution is 0.500. The third kappa shape index (κ3) is 4.23. The molecule has 0 spiro atoms. The Hall–Kier alpha value is -0.390. The van der Waals surface area contributed by atoms with E-state index in [4.69, 9.17) is 0 Å². The molecule has 92 valence electrons. The molecule has 0 unspecified atom stereocenters. The average Bonchev–Trinajstić information content (AvgIpc) is 2.69. The van der Waals surface area contributed by atoms with E-state index in [0.717, 1.165) is 0 Å². The van der Waals surface area contributed by atoms with Gasteiger partial charge in [-0.3, -0.25) is 0 Å². The van der Waals surface area contributed by atoms with Crippen molar-refractivity contribution in [1.82, 2.24) is 5.32 Å². The molecule has 0 radical (unpaired) electrons. The van der Waals surface area contributed by atoms with E-state index >= 15 is 0 Å². The lowest BCUT2D eigenvalue weighted by Crippen LogP contribution is -2.35. The van der Waals surface area contributed by atoms with Gasteiger partial charge in [0, 0.05) is 17.8 Å². The summed E-state index contributed by atoms with van der Waals surface area (Å²) in [5.74, 6) is 0.420. The highest BCUT2D eigenvalue weighted by molar-refractivity contribution is 7.91. The summed E-state index contributed by atoms with van der Waals surface area (Å²) in [4.78, 5) is 0. The van der Waals surface area contributed by atoms with Crippen LogP contribution in [0, 0.1) is 0 Å². The zero-order valence-corrected chi connectivity index (χ0v) is 11.6. The van der Waals surface area contributed by atoms with Crippen molar-refractivity contribution in [2.45, 2.75) is 32.9 Å². The normalized spacial score (nSPS) is 15.9. The number of thiophene rings is 1. The Morgan fingerprint density at radius 1 is 1.44 bits per heavy atom. The van der Waals surface area contributed by atoms with Crippen LogP contribution in [0.15, 0.2) is 16.8 Å². The highest BCUT2D eigenvalue weighted by Gasteiger charge is 2.16. The topological polar surface area (TPSA) is 46.2 Å². The number of nitrogens with one attached hydrogen (secondary N) is 1. The first-order valence-electron chi connectivity index (χ1n) is 5.43. The molecule has 5 heteroatoms. The predicted octanol–water partition coefficient (Wildman–Crippen LogP) is 2.22. The molecule has 1 heterocycles. The van der Waals surface area contributed by atoms with Crippen LogP contribution in [0.25, 0.3) is 0 Å². The monoisotopic (exact) mass is 261 g/mol. The molecule has 1 rings (SSSR count). The Morgan fingerprint density at radius 3 is 2.62 bits per heavy atom. The smallest absolute Gasteiger partial charge is 0.151 e. The van der Waals surface area contributed by atoms with Crippen molar-refractivity contribution in [2.75, 3.05) is 11.5 Å². The standard InChI is InChI=1S/C11H19NO2S2/c1-4-16(13,14)8-9(2)12-10(3)11-5-6-15-7-11/h5-7,9-10,12H,4,8H2,1-3H3/t9-,10+/m1/s1. The summed E-state index contributed by atoms with van der Waals surface area (Å²) < 4.78 is 22.9. The number of hydrogen-bond acceptors (Lipinski definition) is 4. The lowest BCUT2D eigenvalue weighted by atomic mass is 10.1. The third-order valence-electron chi connectivity index (χ3n) is 2.52. The summed E-state index contributed by atoms with van der Waals surface area (Å²) in [6, 6.07) is 2.25. The molecule has 0 aliphatic rings. The molecule has 0 amide bonds. The van der Waals surface area contributed by atoms with Crippen molar-refractivity contribution in [1.29, 1.82) is 0 Å². The summed E-state index contributed by atoms with van der Waals surface area (Å²) in [6.07, 6.45) is 0. The van der Waals surface area contributed by atoms with Gasteiger partial charge in [0.05, 0.1) is 5.75 Å². The molecule has 0 saturated heterocycles. The van der Waals surface area contributed by atoms with Crippen molar-refractivity contribution in [2.24, 2.45) is 0 Å². The van der Waals surface area contributed by atoms with Gasteiger partial charge in [-0.1, -0.05) is 6.92 Å². The van der Waals surface area contributed by atoms with E-state index in [1.54, 1.807) is 18.3 Å². The van der Waals surface area contributed by atoms with E-state index in [2.05, 4.69) is 23.7 Å². The molecule has 1 N–H and O–H groups in total. The Kier molecular flexibility index (Phi) is 4.95. The maximum Gasteiger partial charge on any atom is 0.151 e. The minimum Gasteiger partial charge on any atom is -0.307 e. The van der Waals surface area contributed by atoms with Gasteiger partial charge in [0.1, 0.15) is 0 Å². The summed E-state index contributed by atoms with van der Waals surface area (Å²) >= 11 is 1.65. The zero-order valence-electron chi connectivity index (χ0n) is 9.93. The fourth-order valence-electron chi connectivity index (χ4n) is 1.59. The summed E-state index contributed by atoms with van der Waals surface area (Å²) in [5.41, 5.74) is 1.21. The zero-order chi connectivity index (χ0) is 12.2. The summed E-state index contributed by atoms with van der Waals surface area (Å²) in [5, 5.41) is 7.41. The highest BCUT2D eigenvalue weighted by atomic mass is 32.2. The van der Waals surface area contributed by atoms with Crippen molar-refractivity contribution in [3.63, 3.8) is 0 Å². The van der Waals surface area contributed by atoms with E-state index < -0.39 is 9.84 Å². The van der Waals surface area contributed by atoms with Crippen molar-refractivity contribution < 1.29 is 8.42 Å². The average molecular weight is 261 g/mol. The van der Waals surface area contributed by atoms with E-state index in [0.29, 0.717) is 0 Å². The van der Waals surface area contributed by atoms with Crippen molar-refractivity contribution in [3.05, 3.63) is 22.4 Å². The predicted molar refractivity (Wildman–Crippen MR) is 69.7 cm³/mol. The van der Waals surface area contributed by atoms with Crippen LogP contribution < -0.4 is 5.32 Å². The van der Waals surface area contributed by atoms with Crippen LogP contribution in [0.2, 0.25) is 0 Å². The van der Waals surface area contributed by atoms with Crippen LogP contribution >= 0.6 is 11.3 Å². The molecule has 1 aromatic rings. The lowest BCUT2D eigenvalue weighted by Gasteiger charge is -2.19. The van der Waals surface area contributed by atoms with Crippen LogP contribution in [0.4, 0.5) is 0 Å². The van der Waals surface area contributed by atoms with Gasteiger partial charge in [0.2, 0.25) is 0 Å². The van der Waals surface area contributed by atoms with Crippen LogP contribution in [-0.2, 0) is 9.84 Å². The SMILES string of the molecule is CCS(=O)(=O)C[C@@H](C)N[C@@H](C)c1ccsc1. The second-order valence-electron chi connectivity index (χ2n) is 4.04. The van der Waals surface area contributed by atoms with Crippen LogP contribution in [0.3, 0.4) is 0 Å². The van der Waals surface area contributed by atoms with Crippen LogP contribution in [-0.4, -0.2) is 26.0 Å². The van der Waals surface area contributed by atoms with E-state index in [-0.39, 0.29) is 23.6 Å².